The zero-order chi connectivity index (χ0) is 20.2. The smallest absolute Gasteiger partial charge is 0.253 e. The summed E-state index contributed by atoms with van der Waals surface area (Å²) >= 11 is 0. The Labute approximate surface area is 170 Å². The fourth-order valence-corrected chi connectivity index (χ4v) is 4.18. The van der Waals surface area contributed by atoms with Crippen molar-refractivity contribution in [3.05, 3.63) is 66.5 Å². The van der Waals surface area contributed by atoms with Gasteiger partial charge in [0.05, 0.1) is 0 Å². The Morgan fingerprint density at radius 1 is 1.10 bits per heavy atom. The molecule has 1 aliphatic heterocycles. The fourth-order valence-electron chi connectivity index (χ4n) is 4.18. The van der Waals surface area contributed by atoms with Crippen LogP contribution in [0.5, 0.6) is 0 Å². The van der Waals surface area contributed by atoms with Gasteiger partial charge in [-0.15, -0.1) is 0 Å². The predicted octanol–water partition coefficient (Wildman–Crippen LogP) is 4.02. The second-order valence-electron chi connectivity index (χ2n) is 7.75. The second kappa shape index (κ2) is 8.43. The SMILES string of the molecule is NC(=O)CC[C@H]1CCCN(C(=O)c2cccc(-c3cncc4ccccc34)c2)C1. The van der Waals surface area contributed by atoms with Crippen molar-refractivity contribution in [1.82, 2.24) is 9.88 Å². The average Bonchev–Trinajstić information content (AvgIpc) is 2.77. The summed E-state index contributed by atoms with van der Waals surface area (Å²) in [6.07, 6.45) is 6.85. The van der Waals surface area contributed by atoms with E-state index in [1.165, 1.54) is 0 Å². The Balaban J connectivity index is 1.57. The number of piperidine rings is 1. The lowest BCUT2D eigenvalue weighted by molar-refractivity contribution is -0.118. The van der Waals surface area contributed by atoms with Crippen LogP contribution in [0, 0.1) is 5.92 Å². The summed E-state index contributed by atoms with van der Waals surface area (Å²) in [6.45, 7) is 1.44. The molecule has 0 aliphatic carbocycles. The van der Waals surface area contributed by atoms with Crippen LogP contribution in [-0.2, 0) is 4.79 Å². The maximum absolute atomic E-state index is 13.1. The molecular formula is C24H25N3O2. The summed E-state index contributed by atoms with van der Waals surface area (Å²) in [6, 6.07) is 15.9. The van der Waals surface area contributed by atoms with Crippen LogP contribution < -0.4 is 5.73 Å². The molecule has 1 atom stereocenters. The zero-order valence-electron chi connectivity index (χ0n) is 16.4. The third kappa shape index (κ3) is 4.29. The molecule has 5 heteroatoms. The molecule has 0 radical (unpaired) electrons. The Kier molecular flexibility index (Phi) is 5.56. The van der Waals surface area contributed by atoms with Gasteiger partial charge in [-0.25, -0.2) is 0 Å². The highest BCUT2D eigenvalue weighted by Crippen LogP contribution is 2.29. The summed E-state index contributed by atoms with van der Waals surface area (Å²) in [5, 5.41) is 2.20. The van der Waals surface area contributed by atoms with E-state index in [2.05, 4.69) is 11.1 Å². The molecule has 2 amide bonds. The van der Waals surface area contributed by atoms with Crippen molar-refractivity contribution in [3.8, 4) is 11.1 Å². The molecule has 148 valence electrons. The van der Waals surface area contributed by atoms with Crippen molar-refractivity contribution < 1.29 is 9.59 Å². The molecule has 0 unspecified atom stereocenters. The van der Waals surface area contributed by atoms with Gasteiger partial charge in [0.1, 0.15) is 0 Å². The zero-order valence-corrected chi connectivity index (χ0v) is 16.4. The van der Waals surface area contributed by atoms with Crippen molar-refractivity contribution in [2.24, 2.45) is 11.7 Å². The molecule has 29 heavy (non-hydrogen) atoms. The largest absolute Gasteiger partial charge is 0.370 e. The van der Waals surface area contributed by atoms with Gasteiger partial charge in [0.25, 0.3) is 5.91 Å². The monoisotopic (exact) mass is 387 g/mol. The van der Waals surface area contributed by atoms with E-state index in [4.69, 9.17) is 5.73 Å². The molecule has 1 aromatic heterocycles. The lowest BCUT2D eigenvalue weighted by Crippen LogP contribution is -2.40. The quantitative estimate of drug-likeness (QED) is 0.718. The molecular weight excluding hydrogens is 362 g/mol. The van der Waals surface area contributed by atoms with Crippen LogP contribution in [0.25, 0.3) is 21.9 Å². The summed E-state index contributed by atoms with van der Waals surface area (Å²) in [7, 11) is 0. The van der Waals surface area contributed by atoms with E-state index in [1.807, 2.05) is 59.8 Å². The first-order valence-electron chi connectivity index (χ1n) is 10.1. The number of likely N-dealkylation sites (tertiary alicyclic amines) is 1. The van der Waals surface area contributed by atoms with Gasteiger partial charge >= 0.3 is 0 Å². The molecule has 1 fully saturated rings. The third-order valence-corrected chi connectivity index (χ3v) is 5.69. The van der Waals surface area contributed by atoms with Crippen LogP contribution in [0.15, 0.2) is 60.9 Å². The number of primary amides is 1. The van der Waals surface area contributed by atoms with Crippen molar-refractivity contribution in [3.63, 3.8) is 0 Å². The number of rotatable bonds is 5. The van der Waals surface area contributed by atoms with E-state index in [1.54, 1.807) is 0 Å². The number of carbonyl (C=O) groups excluding carboxylic acids is 2. The van der Waals surface area contributed by atoms with E-state index < -0.39 is 0 Å². The first kappa shape index (κ1) is 19.1. The Morgan fingerprint density at radius 3 is 2.83 bits per heavy atom. The lowest BCUT2D eigenvalue weighted by Gasteiger charge is -2.33. The van der Waals surface area contributed by atoms with E-state index in [0.717, 1.165) is 47.7 Å². The number of hydrogen-bond acceptors (Lipinski definition) is 3. The standard InChI is InChI=1S/C24H25N3O2/c25-23(28)11-10-17-5-4-12-27(16-17)24(29)19-8-3-7-18(13-19)22-15-26-14-20-6-1-2-9-21(20)22/h1-3,6-9,13-15,17H,4-5,10-12,16H2,(H2,25,28)/t17-/m1/s1. The van der Waals surface area contributed by atoms with Crippen LogP contribution in [0.3, 0.4) is 0 Å². The Hall–Kier alpha value is -3.21. The predicted molar refractivity (Wildman–Crippen MR) is 114 cm³/mol. The highest BCUT2D eigenvalue weighted by Gasteiger charge is 2.25. The van der Waals surface area contributed by atoms with Crippen LogP contribution in [0.1, 0.15) is 36.0 Å². The van der Waals surface area contributed by atoms with Crippen LogP contribution in [0.4, 0.5) is 0 Å². The van der Waals surface area contributed by atoms with Gasteiger partial charge in [0.15, 0.2) is 0 Å². The third-order valence-electron chi connectivity index (χ3n) is 5.69. The molecule has 3 aromatic rings. The Bertz CT molecular complexity index is 1040. The molecule has 0 bridgehead atoms. The minimum absolute atomic E-state index is 0.0452. The first-order valence-corrected chi connectivity index (χ1v) is 10.1. The second-order valence-corrected chi connectivity index (χ2v) is 7.75. The summed E-state index contributed by atoms with van der Waals surface area (Å²) < 4.78 is 0. The molecule has 2 N–H and O–H groups in total. The van der Waals surface area contributed by atoms with Crippen LogP contribution in [-0.4, -0.2) is 34.8 Å². The number of carbonyl (C=O) groups is 2. The van der Waals surface area contributed by atoms with Gasteiger partial charge in [-0.3, -0.25) is 14.6 Å². The molecule has 2 heterocycles. The van der Waals surface area contributed by atoms with Gasteiger partial charge in [-0.1, -0.05) is 36.4 Å². The highest BCUT2D eigenvalue weighted by molar-refractivity contribution is 5.99. The van der Waals surface area contributed by atoms with Gasteiger partial charge in [0, 0.05) is 48.4 Å². The molecule has 0 spiro atoms. The number of benzene rings is 2. The topological polar surface area (TPSA) is 76.3 Å². The number of hydrogen-bond donors (Lipinski definition) is 1. The van der Waals surface area contributed by atoms with E-state index >= 15 is 0 Å². The fraction of sp³-hybridized carbons (Fsp3) is 0.292. The molecule has 5 nitrogen and oxygen atoms in total. The normalized spacial score (nSPS) is 16.7. The number of fused-ring (bicyclic) bond motifs is 1. The number of aromatic nitrogens is 1. The molecule has 2 aromatic carbocycles. The first-order chi connectivity index (χ1) is 14.1. The minimum atomic E-state index is -0.273. The van der Waals surface area contributed by atoms with Gasteiger partial charge in [-0.2, -0.15) is 0 Å². The van der Waals surface area contributed by atoms with Gasteiger partial charge in [-0.05, 0) is 48.3 Å². The maximum Gasteiger partial charge on any atom is 0.253 e. The van der Waals surface area contributed by atoms with E-state index in [9.17, 15) is 9.59 Å². The number of pyridine rings is 1. The number of nitrogens with two attached hydrogens (primary N) is 1. The van der Waals surface area contributed by atoms with Gasteiger partial charge in [0.2, 0.25) is 5.91 Å². The lowest BCUT2D eigenvalue weighted by atomic mass is 9.92. The van der Waals surface area contributed by atoms with Crippen molar-refractivity contribution in [1.29, 1.82) is 0 Å². The van der Waals surface area contributed by atoms with E-state index in [-0.39, 0.29) is 11.8 Å². The van der Waals surface area contributed by atoms with E-state index in [0.29, 0.717) is 24.4 Å². The Morgan fingerprint density at radius 2 is 1.97 bits per heavy atom. The van der Waals surface area contributed by atoms with Gasteiger partial charge < -0.3 is 10.6 Å². The maximum atomic E-state index is 13.1. The summed E-state index contributed by atoms with van der Waals surface area (Å²) in [5.41, 5.74) is 7.98. The van der Waals surface area contributed by atoms with Crippen molar-refractivity contribution >= 4 is 22.6 Å². The minimum Gasteiger partial charge on any atom is -0.370 e. The number of nitrogens with zero attached hydrogens (tertiary/aromatic N) is 2. The number of amides is 2. The van der Waals surface area contributed by atoms with Crippen LogP contribution in [0.2, 0.25) is 0 Å². The summed E-state index contributed by atoms with van der Waals surface area (Å²) in [5.74, 6) is 0.110. The molecule has 0 saturated carbocycles. The molecule has 1 saturated heterocycles. The average molecular weight is 387 g/mol. The molecule has 1 aliphatic rings. The highest BCUT2D eigenvalue weighted by atomic mass is 16.2. The summed E-state index contributed by atoms with van der Waals surface area (Å²) in [4.78, 5) is 30.5. The van der Waals surface area contributed by atoms with Crippen molar-refractivity contribution in [2.75, 3.05) is 13.1 Å². The van der Waals surface area contributed by atoms with Crippen molar-refractivity contribution in [2.45, 2.75) is 25.7 Å². The van der Waals surface area contributed by atoms with Crippen LogP contribution >= 0.6 is 0 Å². The molecule has 4 rings (SSSR count).